The Morgan fingerprint density at radius 3 is 2.65 bits per heavy atom. The van der Waals surface area contributed by atoms with Crippen molar-refractivity contribution in [1.82, 2.24) is 9.88 Å². The van der Waals surface area contributed by atoms with Crippen molar-refractivity contribution in [3.05, 3.63) is 54.2 Å². The van der Waals surface area contributed by atoms with Crippen molar-refractivity contribution >= 4 is 17.6 Å². The molecule has 138 valence electrons. The van der Waals surface area contributed by atoms with E-state index < -0.39 is 5.60 Å². The number of amides is 1. The summed E-state index contributed by atoms with van der Waals surface area (Å²) in [6, 6.07) is 13.9. The summed E-state index contributed by atoms with van der Waals surface area (Å²) in [6.45, 7) is 6.40. The minimum absolute atomic E-state index is 0.0292. The third-order valence-corrected chi connectivity index (χ3v) is 4.37. The molecule has 1 amide bonds. The van der Waals surface area contributed by atoms with Crippen molar-refractivity contribution in [3.8, 4) is 0 Å². The first kappa shape index (κ1) is 18.2. The Labute approximate surface area is 155 Å². The molecular formula is C21H27N3O2. The normalized spacial score (nSPS) is 17.7. The van der Waals surface area contributed by atoms with Crippen LogP contribution in [0.15, 0.2) is 48.7 Å². The van der Waals surface area contributed by atoms with Gasteiger partial charge in [-0.2, -0.15) is 0 Å². The predicted octanol–water partition coefficient (Wildman–Crippen LogP) is 5.29. The lowest BCUT2D eigenvalue weighted by Crippen LogP contribution is -2.42. The number of para-hydroxylation sites is 1. The van der Waals surface area contributed by atoms with Gasteiger partial charge in [0.2, 0.25) is 0 Å². The van der Waals surface area contributed by atoms with E-state index in [1.165, 1.54) is 0 Å². The second-order valence-corrected chi connectivity index (χ2v) is 7.62. The zero-order valence-corrected chi connectivity index (χ0v) is 15.7. The SMILES string of the molecule is CC(C)(C)OC(=O)N1CCCC[C@H]1c1cccnc1Nc1ccccc1. The Balaban J connectivity index is 1.87. The number of pyridine rings is 1. The lowest BCUT2D eigenvalue weighted by molar-refractivity contribution is 0.00958. The maximum Gasteiger partial charge on any atom is 0.410 e. The molecule has 1 aliphatic heterocycles. The molecule has 2 aromatic rings. The summed E-state index contributed by atoms with van der Waals surface area (Å²) in [5.74, 6) is 0.791. The number of hydrogen-bond acceptors (Lipinski definition) is 4. The Morgan fingerprint density at radius 2 is 1.92 bits per heavy atom. The Bertz CT molecular complexity index is 740. The molecule has 0 unspecified atom stereocenters. The highest BCUT2D eigenvalue weighted by Crippen LogP contribution is 2.36. The van der Waals surface area contributed by atoms with Crippen molar-refractivity contribution in [2.75, 3.05) is 11.9 Å². The highest BCUT2D eigenvalue weighted by molar-refractivity contribution is 5.70. The molecule has 1 saturated heterocycles. The highest BCUT2D eigenvalue weighted by Gasteiger charge is 2.32. The van der Waals surface area contributed by atoms with Crippen LogP contribution in [0, 0.1) is 0 Å². The molecule has 1 aromatic heterocycles. The Morgan fingerprint density at radius 1 is 1.15 bits per heavy atom. The average molecular weight is 353 g/mol. The highest BCUT2D eigenvalue weighted by atomic mass is 16.6. The number of nitrogens with one attached hydrogen (secondary N) is 1. The van der Waals surface area contributed by atoms with E-state index in [2.05, 4.69) is 10.3 Å². The van der Waals surface area contributed by atoms with Gasteiger partial charge in [0.1, 0.15) is 11.4 Å². The molecule has 5 nitrogen and oxygen atoms in total. The van der Waals surface area contributed by atoms with Gasteiger partial charge in [-0.05, 0) is 58.2 Å². The van der Waals surface area contributed by atoms with Crippen LogP contribution in [-0.4, -0.2) is 28.1 Å². The smallest absolute Gasteiger partial charge is 0.410 e. The second kappa shape index (κ2) is 7.77. The van der Waals surface area contributed by atoms with Crippen LogP contribution in [-0.2, 0) is 4.74 Å². The van der Waals surface area contributed by atoms with Gasteiger partial charge < -0.3 is 15.0 Å². The van der Waals surface area contributed by atoms with Gasteiger partial charge in [-0.1, -0.05) is 24.3 Å². The van der Waals surface area contributed by atoms with Gasteiger partial charge in [-0.3, -0.25) is 0 Å². The minimum atomic E-state index is -0.501. The lowest BCUT2D eigenvalue weighted by Gasteiger charge is -2.37. The van der Waals surface area contributed by atoms with E-state index in [0.29, 0.717) is 6.54 Å². The summed E-state index contributed by atoms with van der Waals surface area (Å²) in [6.07, 6.45) is 4.52. The fourth-order valence-corrected chi connectivity index (χ4v) is 3.24. The number of carbonyl (C=O) groups excluding carboxylic acids is 1. The van der Waals surface area contributed by atoms with Gasteiger partial charge in [0.05, 0.1) is 6.04 Å². The first-order valence-corrected chi connectivity index (χ1v) is 9.21. The summed E-state index contributed by atoms with van der Waals surface area (Å²) in [7, 11) is 0. The van der Waals surface area contributed by atoms with Crippen LogP contribution in [0.25, 0.3) is 0 Å². The van der Waals surface area contributed by atoms with Crippen molar-refractivity contribution < 1.29 is 9.53 Å². The van der Waals surface area contributed by atoms with Crippen molar-refractivity contribution in [1.29, 1.82) is 0 Å². The van der Waals surface area contributed by atoms with E-state index in [0.717, 1.165) is 36.3 Å². The fraction of sp³-hybridized carbons (Fsp3) is 0.429. The van der Waals surface area contributed by atoms with E-state index in [1.54, 1.807) is 6.20 Å². The van der Waals surface area contributed by atoms with Gasteiger partial charge >= 0.3 is 6.09 Å². The molecule has 1 aromatic carbocycles. The quantitative estimate of drug-likeness (QED) is 0.815. The maximum atomic E-state index is 12.7. The molecule has 3 rings (SSSR count). The lowest BCUT2D eigenvalue weighted by atomic mass is 9.96. The number of piperidine rings is 1. The molecule has 1 N–H and O–H groups in total. The number of aromatic nitrogens is 1. The van der Waals surface area contributed by atoms with E-state index in [-0.39, 0.29) is 12.1 Å². The molecule has 0 bridgehead atoms. The van der Waals surface area contributed by atoms with E-state index in [9.17, 15) is 4.79 Å². The molecule has 0 spiro atoms. The third-order valence-electron chi connectivity index (χ3n) is 4.37. The molecule has 0 saturated carbocycles. The average Bonchev–Trinajstić information content (AvgIpc) is 2.62. The maximum absolute atomic E-state index is 12.7. The van der Waals surface area contributed by atoms with Crippen molar-refractivity contribution in [3.63, 3.8) is 0 Å². The van der Waals surface area contributed by atoms with Crippen molar-refractivity contribution in [2.45, 2.75) is 51.7 Å². The summed E-state index contributed by atoms with van der Waals surface area (Å²) in [4.78, 5) is 19.1. The van der Waals surface area contributed by atoms with Crippen LogP contribution >= 0.6 is 0 Å². The molecule has 0 radical (unpaired) electrons. The summed E-state index contributed by atoms with van der Waals surface area (Å²) in [5, 5.41) is 3.39. The minimum Gasteiger partial charge on any atom is -0.444 e. The monoisotopic (exact) mass is 353 g/mol. The van der Waals surface area contributed by atoms with Crippen LogP contribution in [0.4, 0.5) is 16.3 Å². The number of rotatable bonds is 3. The van der Waals surface area contributed by atoms with Gasteiger partial charge in [-0.25, -0.2) is 9.78 Å². The van der Waals surface area contributed by atoms with Crippen molar-refractivity contribution in [2.24, 2.45) is 0 Å². The molecular weight excluding hydrogens is 326 g/mol. The molecule has 1 atom stereocenters. The Kier molecular flexibility index (Phi) is 5.45. The van der Waals surface area contributed by atoms with Crippen LogP contribution < -0.4 is 5.32 Å². The molecule has 1 fully saturated rings. The summed E-state index contributed by atoms with van der Waals surface area (Å²) >= 11 is 0. The molecule has 26 heavy (non-hydrogen) atoms. The van der Waals surface area contributed by atoms with Crippen LogP contribution in [0.5, 0.6) is 0 Å². The molecule has 2 heterocycles. The summed E-state index contributed by atoms with van der Waals surface area (Å²) in [5.41, 5.74) is 1.51. The largest absolute Gasteiger partial charge is 0.444 e. The number of benzene rings is 1. The number of nitrogens with zero attached hydrogens (tertiary/aromatic N) is 2. The number of anilines is 2. The fourth-order valence-electron chi connectivity index (χ4n) is 3.24. The topological polar surface area (TPSA) is 54.5 Å². The zero-order valence-electron chi connectivity index (χ0n) is 15.7. The van der Waals surface area contributed by atoms with E-state index >= 15 is 0 Å². The molecule has 5 heteroatoms. The van der Waals surface area contributed by atoms with Gasteiger partial charge in [0.15, 0.2) is 0 Å². The first-order valence-electron chi connectivity index (χ1n) is 9.21. The first-order chi connectivity index (χ1) is 12.4. The van der Waals surface area contributed by atoms with Gasteiger partial charge in [0.25, 0.3) is 0 Å². The number of ether oxygens (including phenoxy) is 1. The van der Waals surface area contributed by atoms with Crippen LogP contribution in [0.2, 0.25) is 0 Å². The second-order valence-electron chi connectivity index (χ2n) is 7.62. The predicted molar refractivity (Wildman–Crippen MR) is 103 cm³/mol. The van der Waals surface area contributed by atoms with E-state index in [4.69, 9.17) is 4.74 Å². The Hall–Kier alpha value is -2.56. The third kappa shape index (κ3) is 4.54. The number of carbonyl (C=O) groups is 1. The standard InChI is InChI=1S/C21H27N3O2/c1-21(2,3)26-20(25)24-15-8-7-13-18(24)17-12-9-14-22-19(17)23-16-10-5-4-6-11-16/h4-6,9-12,14,18H,7-8,13,15H2,1-3H3,(H,22,23)/t18-/m0/s1. The number of hydrogen-bond donors (Lipinski definition) is 1. The number of likely N-dealkylation sites (tertiary alicyclic amines) is 1. The zero-order chi connectivity index (χ0) is 18.6. The summed E-state index contributed by atoms with van der Waals surface area (Å²) < 4.78 is 5.63. The molecule has 1 aliphatic rings. The van der Waals surface area contributed by atoms with Crippen LogP contribution in [0.1, 0.15) is 51.6 Å². The van der Waals surface area contributed by atoms with E-state index in [1.807, 2.05) is 68.1 Å². The van der Waals surface area contributed by atoms with Gasteiger partial charge in [0, 0.05) is 24.0 Å². The van der Waals surface area contributed by atoms with Crippen LogP contribution in [0.3, 0.4) is 0 Å². The molecule has 0 aliphatic carbocycles. The van der Waals surface area contributed by atoms with Gasteiger partial charge in [-0.15, -0.1) is 0 Å².